The van der Waals surface area contributed by atoms with Crippen LogP contribution in [0.3, 0.4) is 0 Å². The number of thioether (sulfide) groups is 1. The van der Waals surface area contributed by atoms with Crippen LogP contribution in [-0.4, -0.2) is 52.6 Å². The number of nitrogens with one attached hydrogen (secondary N) is 1. The lowest BCUT2D eigenvalue weighted by atomic mass is 10.4. The van der Waals surface area contributed by atoms with Gasteiger partial charge in [-0.25, -0.2) is 4.98 Å². The van der Waals surface area contributed by atoms with E-state index in [1.54, 1.807) is 0 Å². The van der Waals surface area contributed by atoms with Gasteiger partial charge in [0.05, 0.1) is 0 Å². The number of aromatic nitrogens is 2. The molecule has 1 aromatic heterocycles. The molecule has 0 spiro atoms. The van der Waals surface area contributed by atoms with Crippen LogP contribution in [0.25, 0.3) is 0 Å². The van der Waals surface area contributed by atoms with E-state index < -0.39 is 0 Å². The summed E-state index contributed by atoms with van der Waals surface area (Å²) in [6, 6.07) is 1.92. The van der Waals surface area contributed by atoms with Gasteiger partial charge in [-0.3, -0.25) is 4.90 Å². The van der Waals surface area contributed by atoms with E-state index in [1.165, 1.54) is 24.6 Å². The highest BCUT2D eigenvalue weighted by atomic mass is 32.2. The van der Waals surface area contributed by atoms with Gasteiger partial charge in [0, 0.05) is 49.4 Å². The summed E-state index contributed by atoms with van der Waals surface area (Å²) in [5.74, 6) is 3.65. The van der Waals surface area contributed by atoms with Crippen molar-refractivity contribution in [1.29, 1.82) is 0 Å². The van der Waals surface area contributed by atoms with Gasteiger partial charge >= 0.3 is 0 Å². The van der Waals surface area contributed by atoms with Crippen molar-refractivity contribution >= 4 is 23.5 Å². The summed E-state index contributed by atoms with van der Waals surface area (Å²) in [5, 5.41) is 3.29. The van der Waals surface area contributed by atoms with E-state index in [4.69, 9.17) is 5.73 Å². The van der Waals surface area contributed by atoms with Gasteiger partial charge in [-0.2, -0.15) is 16.7 Å². The second kappa shape index (κ2) is 6.07. The normalized spacial score (nSPS) is 17.0. The second-order valence-corrected chi connectivity index (χ2v) is 5.36. The van der Waals surface area contributed by atoms with Crippen LogP contribution in [0.1, 0.15) is 5.69 Å². The average Bonchev–Trinajstić information content (AvgIpc) is 2.29. The van der Waals surface area contributed by atoms with Crippen LogP contribution in [-0.2, 0) is 0 Å². The fraction of sp³-hybridized carbons (Fsp3) is 0.636. The van der Waals surface area contributed by atoms with Crippen LogP contribution < -0.4 is 11.1 Å². The van der Waals surface area contributed by atoms with Crippen LogP contribution in [0, 0.1) is 6.92 Å². The first-order chi connectivity index (χ1) is 8.24. The molecule has 2 heterocycles. The van der Waals surface area contributed by atoms with Gasteiger partial charge < -0.3 is 11.1 Å². The van der Waals surface area contributed by atoms with Crippen LogP contribution in [0.4, 0.5) is 11.8 Å². The summed E-state index contributed by atoms with van der Waals surface area (Å²) in [5.41, 5.74) is 6.50. The third-order valence-electron chi connectivity index (χ3n) is 2.71. The number of nitrogens with two attached hydrogens (primary N) is 1. The van der Waals surface area contributed by atoms with E-state index in [1.807, 2.05) is 24.8 Å². The number of hydrogen-bond donors (Lipinski definition) is 2. The molecule has 1 fully saturated rings. The molecule has 3 N–H and O–H groups in total. The first kappa shape index (κ1) is 12.4. The SMILES string of the molecule is Cc1cc(NCCN2CCSCC2)nc(N)n1. The molecule has 0 aromatic carbocycles. The molecule has 0 saturated carbocycles. The predicted molar refractivity (Wildman–Crippen MR) is 73.4 cm³/mol. The van der Waals surface area contributed by atoms with Gasteiger partial charge in [0.1, 0.15) is 5.82 Å². The Morgan fingerprint density at radius 2 is 2.18 bits per heavy atom. The molecule has 0 amide bonds. The van der Waals surface area contributed by atoms with Gasteiger partial charge in [-0.05, 0) is 6.92 Å². The number of nitrogen functional groups attached to an aromatic ring is 1. The lowest BCUT2D eigenvalue weighted by Crippen LogP contribution is -2.36. The molecular formula is C11H19N5S. The van der Waals surface area contributed by atoms with Crippen molar-refractivity contribution in [2.45, 2.75) is 6.92 Å². The van der Waals surface area contributed by atoms with E-state index in [0.717, 1.165) is 24.6 Å². The third-order valence-corrected chi connectivity index (χ3v) is 3.65. The van der Waals surface area contributed by atoms with Gasteiger partial charge in [-0.1, -0.05) is 0 Å². The van der Waals surface area contributed by atoms with E-state index in [-0.39, 0.29) is 0 Å². The largest absolute Gasteiger partial charge is 0.369 e. The maximum atomic E-state index is 5.60. The van der Waals surface area contributed by atoms with Gasteiger partial charge in [0.25, 0.3) is 0 Å². The van der Waals surface area contributed by atoms with E-state index in [9.17, 15) is 0 Å². The molecule has 1 aliphatic heterocycles. The smallest absolute Gasteiger partial charge is 0.222 e. The molecule has 0 bridgehead atoms. The first-order valence-corrected chi connectivity index (χ1v) is 7.04. The monoisotopic (exact) mass is 253 g/mol. The Balaban J connectivity index is 1.77. The zero-order chi connectivity index (χ0) is 12.1. The predicted octanol–water partition coefficient (Wildman–Crippen LogP) is 0.828. The quantitative estimate of drug-likeness (QED) is 0.828. The van der Waals surface area contributed by atoms with Crippen LogP contribution in [0.5, 0.6) is 0 Å². The Labute approximate surface area is 106 Å². The first-order valence-electron chi connectivity index (χ1n) is 5.89. The molecule has 5 nitrogen and oxygen atoms in total. The highest BCUT2D eigenvalue weighted by molar-refractivity contribution is 7.99. The minimum Gasteiger partial charge on any atom is -0.369 e. The van der Waals surface area contributed by atoms with Crippen molar-refractivity contribution < 1.29 is 0 Å². The molecule has 6 heteroatoms. The Bertz CT molecular complexity index is 345. The number of anilines is 2. The molecule has 1 aromatic rings. The highest BCUT2D eigenvalue weighted by Gasteiger charge is 2.09. The zero-order valence-electron chi connectivity index (χ0n) is 10.1. The molecule has 0 unspecified atom stereocenters. The van der Waals surface area contributed by atoms with E-state index in [2.05, 4.69) is 20.2 Å². The second-order valence-electron chi connectivity index (χ2n) is 4.13. The summed E-state index contributed by atoms with van der Waals surface area (Å²) in [6.07, 6.45) is 0. The molecule has 94 valence electrons. The fourth-order valence-corrected chi connectivity index (χ4v) is 2.83. The average molecular weight is 253 g/mol. The zero-order valence-corrected chi connectivity index (χ0v) is 11.0. The molecule has 0 aliphatic carbocycles. The Morgan fingerprint density at radius 1 is 1.41 bits per heavy atom. The van der Waals surface area contributed by atoms with Crippen LogP contribution in [0.15, 0.2) is 6.07 Å². The number of hydrogen-bond acceptors (Lipinski definition) is 6. The van der Waals surface area contributed by atoms with Crippen molar-refractivity contribution in [3.05, 3.63) is 11.8 Å². The van der Waals surface area contributed by atoms with Gasteiger partial charge in [0.2, 0.25) is 5.95 Å². The van der Waals surface area contributed by atoms with Crippen molar-refractivity contribution in [3.8, 4) is 0 Å². The maximum absolute atomic E-state index is 5.60. The van der Waals surface area contributed by atoms with Gasteiger partial charge in [-0.15, -0.1) is 0 Å². The molecule has 0 atom stereocenters. The fourth-order valence-electron chi connectivity index (χ4n) is 1.85. The Morgan fingerprint density at radius 3 is 2.88 bits per heavy atom. The molecule has 2 rings (SSSR count). The van der Waals surface area contributed by atoms with Crippen molar-refractivity contribution in [1.82, 2.24) is 14.9 Å². The van der Waals surface area contributed by atoms with E-state index in [0.29, 0.717) is 5.95 Å². The van der Waals surface area contributed by atoms with Crippen molar-refractivity contribution in [2.24, 2.45) is 0 Å². The van der Waals surface area contributed by atoms with E-state index >= 15 is 0 Å². The maximum Gasteiger partial charge on any atom is 0.222 e. The number of rotatable bonds is 4. The lowest BCUT2D eigenvalue weighted by Gasteiger charge is -2.26. The lowest BCUT2D eigenvalue weighted by molar-refractivity contribution is 0.314. The highest BCUT2D eigenvalue weighted by Crippen LogP contribution is 2.09. The third kappa shape index (κ3) is 4.05. The van der Waals surface area contributed by atoms with Crippen LogP contribution in [0.2, 0.25) is 0 Å². The Hall–Kier alpha value is -1.01. The minimum atomic E-state index is 0.335. The molecule has 1 saturated heterocycles. The van der Waals surface area contributed by atoms with Crippen LogP contribution >= 0.6 is 11.8 Å². The molecule has 17 heavy (non-hydrogen) atoms. The summed E-state index contributed by atoms with van der Waals surface area (Å²) in [7, 11) is 0. The number of nitrogens with zero attached hydrogens (tertiary/aromatic N) is 3. The minimum absolute atomic E-state index is 0.335. The standard InChI is InChI=1S/C11H19N5S/c1-9-8-10(15-11(12)14-9)13-2-3-16-4-6-17-7-5-16/h8H,2-7H2,1H3,(H3,12,13,14,15). The van der Waals surface area contributed by atoms with Crippen molar-refractivity contribution in [2.75, 3.05) is 48.7 Å². The Kier molecular flexibility index (Phi) is 4.44. The molecule has 0 radical (unpaired) electrons. The summed E-state index contributed by atoms with van der Waals surface area (Å²) >= 11 is 2.03. The van der Waals surface area contributed by atoms with Crippen molar-refractivity contribution in [3.63, 3.8) is 0 Å². The topological polar surface area (TPSA) is 67.1 Å². The summed E-state index contributed by atoms with van der Waals surface area (Å²) < 4.78 is 0. The van der Waals surface area contributed by atoms with Gasteiger partial charge in [0.15, 0.2) is 0 Å². The number of aryl methyl sites for hydroxylation is 1. The summed E-state index contributed by atoms with van der Waals surface area (Å²) in [4.78, 5) is 10.7. The summed E-state index contributed by atoms with van der Waals surface area (Å²) in [6.45, 7) is 6.27. The molecule has 1 aliphatic rings. The molecular weight excluding hydrogens is 234 g/mol.